The third-order valence-electron chi connectivity index (χ3n) is 3.63. The van der Waals surface area contributed by atoms with Gasteiger partial charge in [-0.1, -0.05) is 12.8 Å². The minimum Gasteiger partial charge on any atom is -0.396 e. The van der Waals surface area contributed by atoms with Gasteiger partial charge in [-0.25, -0.2) is 4.79 Å². The van der Waals surface area contributed by atoms with Crippen molar-refractivity contribution in [2.75, 3.05) is 13.2 Å². The molecule has 0 aliphatic heterocycles. The van der Waals surface area contributed by atoms with E-state index in [1.165, 1.54) is 0 Å². The zero-order chi connectivity index (χ0) is 13.4. The van der Waals surface area contributed by atoms with Crippen molar-refractivity contribution in [3.63, 3.8) is 0 Å². The molecule has 3 atom stereocenters. The SMILES string of the molecule is CC(CCCO)NC(=O)NC1CCCCC1CO. The van der Waals surface area contributed by atoms with Gasteiger partial charge in [0.25, 0.3) is 0 Å². The predicted molar refractivity (Wildman–Crippen MR) is 70.3 cm³/mol. The summed E-state index contributed by atoms with van der Waals surface area (Å²) in [6, 6.07) is -0.00658. The van der Waals surface area contributed by atoms with Crippen LogP contribution in [0.1, 0.15) is 45.4 Å². The van der Waals surface area contributed by atoms with Crippen LogP contribution in [0.5, 0.6) is 0 Å². The van der Waals surface area contributed by atoms with Crippen molar-refractivity contribution in [3.8, 4) is 0 Å². The highest BCUT2D eigenvalue weighted by atomic mass is 16.3. The fraction of sp³-hybridized carbons (Fsp3) is 0.923. The molecule has 0 heterocycles. The molecule has 1 saturated carbocycles. The second-order valence-electron chi connectivity index (χ2n) is 5.22. The number of amides is 2. The van der Waals surface area contributed by atoms with Gasteiger partial charge in [0.15, 0.2) is 0 Å². The van der Waals surface area contributed by atoms with E-state index in [1.807, 2.05) is 6.92 Å². The summed E-state index contributed by atoms with van der Waals surface area (Å²) >= 11 is 0. The molecule has 1 aliphatic carbocycles. The molecule has 18 heavy (non-hydrogen) atoms. The Kier molecular flexibility index (Phi) is 7.05. The van der Waals surface area contributed by atoms with Crippen LogP contribution in [0.15, 0.2) is 0 Å². The first-order chi connectivity index (χ1) is 8.67. The molecule has 2 amide bonds. The number of aliphatic hydroxyl groups excluding tert-OH is 2. The highest BCUT2D eigenvalue weighted by molar-refractivity contribution is 5.74. The van der Waals surface area contributed by atoms with Gasteiger partial charge in [-0.15, -0.1) is 0 Å². The van der Waals surface area contributed by atoms with Crippen molar-refractivity contribution in [2.24, 2.45) is 5.92 Å². The Bertz CT molecular complexity index is 248. The molecule has 0 spiro atoms. The lowest BCUT2D eigenvalue weighted by molar-refractivity contribution is 0.153. The van der Waals surface area contributed by atoms with Crippen molar-refractivity contribution in [2.45, 2.75) is 57.5 Å². The van der Waals surface area contributed by atoms with Crippen molar-refractivity contribution in [1.29, 1.82) is 0 Å². The Morgan fingerprint density at radius 1 is 1.33 bits per heavy atom. The molecular formula is C13H26N2O3. The first-order valence-corrected chi connectivity index (χ1v) is 6.96. The van der Waals surface area contributed by atoms with Gasteiger partial charge in [0.2, 0.25) is 0 Å². The molecule has 1 aliphatic rings. The van der Waals surface area contributed by atoms with Crippen LogP contribution in [0.2, 0.25) is 0 Å². The summed E-state index contributed by atoms with van der Waals surface area (Å²) < 4.78 is 0. The lowest BCUT2D eigenvalue weighted by Crippen LogP contribution is -2.49. The third kappa shape index (κ3) is 5.23. The van der Waals surface area contributed by atoms with Crippen molar-refractivity contribution >= 4 is 6.03 Å². The minimum atomic E-state index is -0.161. The average molecular weight is 258 g/mol. The van der Waals surface area contributed by atoms with Crippen LogP contribution in [-0.2, 0) is 0 Å². The molecule has 1 fully saturated rings. The van der Waals surface area contributed by atoms with Gasteiger partial charge >= 0.3 is 6.03 Å². The highest BCUT2D eigenvalue weighted by Crippen LogP contribution is 2.23. The van der Waals surface area contributed by atoms with E-state index in [2.05, 4.69) is 10.6 Å². The van der Waals surface area contributed by atoms with Gasteiger partial charge in [-0.3, -0.25) is 0 Å². The Balaban J connectivity index is 2.29. The van der Waals surface area contributed by atoms with Gasteiger partial charge in [0.05, 0.1) is 0 Å². The van der Waals surface area contributed by atoms with Crippen LogP contribution in [0, 0.1) is 5.92 Å². The number of nitrogens with one attached hydrogen (secondary N) is 2. The van der Waals surface area contributed by atoms with Gasteiger partial charge in [-0.2, -0.15) is 0 Å². The quantitative estimate of drug-likeness (QED) is 0.573. The van der Waals surface area contributed by atoms with Crippen LogP contribution >= 0.6 is 0 Å². The smallest absolute Gasteiger partial charge is 0.315 e. The lowest BCUT2D eigenvalue weighted by atomic mass is 9.85. The normalized spacial score (nSPS) is 25.5. The average Bonchev–Trinajstić information content (AvgIpc) is 2.36. The number of hydrogen-bond acceptors (Lipinski definition) is 3. The summed E-state index contributed by atoms with van der Waals surface area (Å²) in [5, 5.41) is 23.8. The number of rotatable bonds is 6. The minimum absolute atomic E-state index is 0.0633. The molecule has 5 nitrogen and oxygen atoms in total. The van der Waals surface area contributed by atoms with Crippen LogP contribution < -0.4 is 10.6 Å². The number of carbonyl (C=O) groups is 1. The van der Waals surface area contributed by atoms with Gasteiger partial charge in [-0.05, 0) is 32.6 Å². The van der Waals surface area contributed by atoms with Gasteiger partial charge in [0.1, 0.15) is 0 Å². The summed E-state index contributed by atoms with van der Waals surface area (Å²) in [5.41, 5.74) is 0. The number of hydrogen-bond donors (Lipinski definition) is 4. The molecule has 4 N–H and O–H groups in total. The van der Waals surface area contributed by atoms with E-state index in [9.17, 15) is 9.90 Å². The fourth-order valence-electron chi connectivity index (χ4n) is 2.52. The summed E-state index contributed by atoms with van der Waals surface area (Å²) in [4.78, 5) is 11.8. The third-order valence-corrected chi connectivity index (χ3v) is 3.63. The molecule has 1 rings (SSSR count). The topological polar surface area (TPSA) is 81.6 Å². The predicted octanol–water partition coefficient (Wildman–Crippen LogP) is 0.998. The standard InChI is InChI=1S/C13H26N2O3/c1-10(5-4-8-16)14-13(18)15-12-7-3-2-6-11(12)9-17/h10-12,16-17H,2-9H2,1H3,(H2,14,15,18). The summed E-state index contributed by atoms with van der Waals surface area (Å²) in [6.45, 7) is 2.23. The summed E-state index contributed by atoms with van der Waals surface area (Å²) in [6.07, 6.45) is 5.66. The largest absolute Gasteiger partial charge is 0.396 e. The van der Waals surface area contributed by atoms with E-state index in [1.54, 1.807) is 0 Å². The monoisotopic (exact) mass is 258 g/mol. The zero-order valence-corrected chi connectivity index (χ0v) is 11.2. The number of aliphatic hydroxyl groups is 2. The second kappa shape index (κ2) is 8.32. The van der Waals surface area contributed by atoms with Gasteiger partial charge < -0.3 is 20.8 Å². The second-order valence-corrected chi connectivity index (χ2v) is 5.22. The van der Waals surface area contributed by atoms with E-state index in [4.69, 9.17) is 5.11 Å². The molecule has 0 aromatic heterocycles. The highest BCUT2D eigenvalue weighted by Gasteiger charge is 2.25. The van der Waals surface area contributed by atoms with E-state index < -0.39 is 0 Å². The maximum absolute atomic E-state index is 11.8. The van der Waals surface area contributed by atoms with E-state index in [0.717, 1.165) is 32.1 Å². The van der Waals surface area contributed by atoms with E-state index >= 15 is 0 Å². The Hall–Kier alpha value is -0.810. The van der Waals surface area contributed by atoms with Crippen molar-refractivity contribution in [1.82, 2.24) is 10.6 Å². The van der Waals surface area contributed by atoms with Gasteiger partial charge in [0, 0.05) is 31.2 Å². The van der Waals surface area contributed by atoms with Crippen LogP contribution in [0.3, 0.4) is 0 Å². The molecule has 0 bridgehead atoms. The molecule has 0 saturated heterocycles. The van der Waals surface area contributed by atoms with Crippen LogP contribution in [-0.4, -0.2) is 41.5 Å². The molecule has 0 aromatic carbocycles. The molecule has 0 radical (unpaired) electrons. The number of urea groups is 1. The Labute approximate surface area is 109 Å². The molecule has 3 unspecified atom stereocenters. The first-order valence-electron chi connectivity index (χ1n) is 6.96. The van der Waals surface area contributed by atoms with Crippen LogP contribution in [0.4, 0.5) is 4.79 Å². The molecular weight excluding hydrogens is 232 g/mol. The number of carbonyl (C=O) groups excluding carboxylic acids is 1. The maximum Gasteiger partial charge on any atom is 0.315 e. The Morgan fingerprint density at radius 2 is 2.06 bits per heavy atom. The lowest BCUT2D eigenvalue weighted by Gasteiger charge is -2.31. The van der Waals surface area contributed by atoms with E-state index in [-0.39, 0.29) is 37.2 Å². The van der Waals surface area contributed by atoms with E-state index in [0.29, 0.717) is 6.42 Å². The summed E-state index contributed by atoms with van der Waals surface area (Å²) in [5.74, 6) is 0.192. The molecule has 0 aromatic rings. The van der Waals surface area contributed by atoms with Crippen molar-refractivity contribution in [3.05, 3.63) is 0 Å². The summed E-state index contributed by atoms with van der Waals surface area (Å²) in [7, 11) is 0. The molecule has 5 heteroatoms. The maximum atomic E-state index is 11.8. The van der Waals surface area contributed by atoms with Crippen molar-refractivity contribution < 1.29 is 15.0 Å². The molecule has 106 valence electrons. The van der Waals surface area contributed by atoms with Crippen LogP contribution in [0.25, 0.3) is 0 Å². The first kappa shape index (κ1) is 15.2. The fourth-order valence-corrected chi connectivity index (χ4v) is 2.52. The Morgan fingerprint density at radius 3 is 2.72 bits per heavy atom. The zero-order valence-electron chi connectivity index (χ0n) is 11.2.